The van der Waals surface area contributed by atoms with Crippen LogP contribution in [0.2, 0.25) is 0 Å². The summed E-state index contributed by atoms with van der Waals surface area (Å²) >= 11 is 0. The molecule has 1 N–H and O–H groups in total. The van der Waals surface area contributed by atoms with Gasteiger partial charge >= 0.3 is 5.91 Å². The van der Waals surface area contributed by atoms with Crippen LogP contribution in [0.25, 0.3) is 15.9 Å². The van der Waals surface area contributed by atoms with Crippen molar-refractivity contribution in [2.24, 2.45) is 5.89 Å². The van der Waals surface area contributed by atoms with E-state index in [1.54, 1.807) is 6.92 Å². The van der Waals surface area contributed by atoms with Crippen molar-refractivity contribution in [3.63, 3.8) is 0 Å². The van der Waals surface area contributed by atoms with Crippen LogP contribution in [0.15, 0.2) is 12.3 Å². The number of likely N-dealkylation sites (N-methyl/N-ethyl adjacent to an activating group) is 1. The SMILES string of the molecule is [2H]c1nc(N(C)[C@@]2([2H])C([2H])([2H])N(C(=O)C[N+]#[C-])C([2H])([2H])C([2H])([2H])[C@@]2([2H])C)c2c([2H])c(C)[nH]c2n1. The number of hydrogen-bond acceptors (Lipinski definition) is 4. The summed E-state index contributed by atoms with van der Waals surface area (Å²) in [6.07, 6.45) is -3.89. The molecule has 3 heterocycles. The van der Waals surface area contributed by atoms with Gasteiger partial charge in [0.05, 0.1) is 16.9 Å². The van der Waals surface area contributed by atoms with Crippen LogP contribution in [0.1, 0.15) is 32.7 Å². The number of carbonyl (C=O) groups excluding carboxylic acids is 1. The summed E-state index contributed by atoms with van der Waals surface area (Å²) in [5.74, 6) is -4.65. The first-order valence-electron chi connectivity index (χ1n) is 12.1. The lowest BCUT2D eigenvalue weighted by Gasteiger charge is -2.41. The molecule has 7 nitrogen and oxygen atoms in total. The maximum absolute atomic E-state index is 12.7. The van der Waals surface area contributed by atoms with Gasteiger partial charge in [0.1, 0.15) is 19.1 Å². The van der Waals surface area contributed by atoms with E-state index >= 15 is 0 Å². The van der Waals surface area contributed by atoms with Crippen LogP contribution in [0.3, 0.4) is 0 Å². The molecule has 1 amide bonds. The molecule has 0 aromatic carbocycles. The Bertz CT molecular complexity index is 1220. The van der Waals surface area contributed by atoms with Crippen LogP contribution >= 0.6 is 0 Å². The lowest BCUT2D eigenvalue weighted by atomic mass is 9.92. The highest BCUT2D eigenvalue weighted by molar-refractivity contribution is 5.88. The Kier molecular flexibility index (Phi) is 2.15. The summed E-state index contributed by atoms with van der Waals surface area (Å²) in [7, 11) is 1.09. The molecule has 3 rings (SSSR count). The molecule has 126 valence electrons. The Morgan fingerprint density at radius 1 is 1.71 bits per heavy atom. The molecule has 0 spiro atoms. The zero-order valence-corrected chi connectivity index (χ0v) is 13.4. The number of aromatic amines is 1. The number of carbonyl (C=O) groups is 1. The van der Waals surface area contributed by atoms with Gasteiger partial charge in [0.15, 0.2) is 0 Å². The Hall–Kier alpha value is -2.62. The monoisotopic (exact) mass is 336 g/mol. The van der Waals surface area contributed by atoms with Crippen molar-refractivity contribution in [3.8, 4) is 0 Å². The molecular weight excluding hydrogens is 304 g/mol. The highest BCUT2D eigenvalue weighted by atomic mass is 16.2. The van der Waals surface area contributed by atoms with Crippen LogP contribution in [0.4, 0.5) is 5.82 Å². The number of rotatable bonds is 3. The van der Waals surface area contributed by atoms with Gasteiger partial charge in [-0.15, -0.1) is 0 Å². The average Bonchev–Trinajstić information content (AvgIpc) is 2.98. The van der Waals surface area contributed by atoms with E-state index < -0.39 is 50.0 Å². The van der Waals surface area contributed by atoms with E-state index in [9.17, 15) is 6.17 Å². The van der Waals surface area contributed by atoms with Gasteiger partial charge in [0.2, 0.25) is 0 Å². The summed E-state index contributed by atoms with van der Waals surface area (Å²) in [4.78, 5) is 26.7. The van der Waals surface area contributed by atoms with Gasteiger partial charge in [0.25, 0.3) is 6.54 Å². The quantitative estimate of drug-likeness (QED) is 0.869. The van der Waals surface area contributed by atoms with Crippen LogP contribution in [-0.2, 0) is 4.79 Å². The number of fused-ring (bicyclic) bond motifs is 1. The predicted molar refractivity (Wildman–Crippen MR) is 92.6 cm³/mol. The Balaban J connectivity index is 2.41. The predicted octanol–water partition coefficient (Wildman–Crippen LogP) is 1.86. The van der Waals surface area contributed by atoms with Gasteiger partial charge in [0, 0.05) is 32.6 Å². The second-order valence-electron chi connectivity index (χ2n) is 5.17. The van der Waals surface area contributed by atoms with Crippen molar-refractivity contribution < 1.29 is 18.5 Å². The molecule has 2 aromatic heterocycles. The van der Waals surface area contributed by atoms with E-state index in [1.165, 1.54) is 0 Å². The number of aromatic nitrogens is 3. The topological polar surface area (TPSA) is 69.5 Å². The molecule has 0 bridgehead atoms. The van der Waals surface area contributed by atoms with Crippen molar-refractivity contribution in [2.75, 3.05) is 31.5 Å². The first kappa shape index (κ1) is 7.97. The maximum atomic E-state index is 12.7. The van der Waals surface area contributed by atoms with Gasteiger partial charge in [-0.1, -0.05) is 6.92 Å². The van der Waals surface area contributed by atoms with E-state index in [-0.39, 0.29) is 27.8 Å². The number of hydrogen-bond donors (Lipinski definition) is 1. The van der Waals surface area contributed by atoms with Gasteiger partial charge in [-0.05, 0) is 25.2 Å². The zero-order chi connectivity index (χ0) is 26.2. The van der Waals surface area contributed by atoms with Gasteiger partial charge in [-0.25, -0.2) is 16.5 Å². The Labute approximate surface area is 155 Å². The van der Waals surface area contributed by atoms with Crippen molar-refractivity contribution in [2.45, 2.75) is 26.2 Å². The molecule has 7 heteroatoms. The second-order valence-corrected chi connectivity index (χ2v) is 5.17. The minimum atomic E-state index is -3.41. The molecule has 1 saturated heterocycles. The number of piperidine rings is 1. The van der Waals surface area contributed by atoms with E-state index in [0.717, 1.165) is 18.9 Å². The third-order valence-electron chi connectivity index (χ3n) is 3.44. The number of anilines is 1. The number of H-pyrrole nitrogens is 1. The van der Waals surface area contributed by atoms with E-state index in [1.807, 2.05) is 0 Å². The summed E-state index contributed by atoms with van der Waals surface area (Å²) in [6.45, 7) is 1.51. The standard InChI is InChI=1S/C17H22N6O/c1-11-5-6-23(15(24)8-18-3)9-14(11)22(4)17-13-7-12(2)21-16(13)19-10-20-17/h7,10-11,14H,5-6,8-9H2,1-2,4H3,(H,19,20,21)/t11-,14+/m1/s1/i5D2,6D2,7D,9D2,10D,11D,14D. The molecule has 24 heavy (non-hydrogen) atoms. The van der Waals surface area contributed by atoms with Crippen molar-refractivity contribution >= 4 is 22.8 Å². The molecule has 1 fully saturated rings. The second kappa shape index (κ2) is 6.48. The zero-order valence-electron chi connectivity index (χ0n) is 23.4. The van der Waals surface area contributed by atoms with Gasteiger partial charge in [-0.3, -0.25) is 4.79 Å². The number of nitrogens with one attached hydrogen (secondary N) is 1. The van der Waals surface area contributed by atoms with Gasteiger partial charge in [-0.2, -0.15) is 0 Å². The molecule has 1 aliphatic rings. The smallest absolute Gasteiger partial charge is 0.302 e. The van der Waals surface area contributed by atoms with Crippen LogP contribution < -0.4 is 4.90 Å². The summed E-state index contributed by atoms with van der Waals surface area (Å²) in [5.41, 5.74) is 0.347. The highest BCUT2D eigenvalue weighted by Gasteiger charge is 2.33. The fourth-order valence-corrected chi connectivity index (χ4v) is 2.30. The lowest BCUT2D eigenvalue weighted by molar-refractivity contribution is -0.130. The normalized spacial score (nSPS) is 39.3. The minimum absolute atomic E-state index is 0.0234. The first-order valence-corrected chi connectivity index (χ1v) is 7.06. The lowest BCUT2D eigenvalue weighted by Crippen LogP contribution is -2.53. The van der Waals surface area contributed by atoms with Crippen molar-refractivity contribution in [1.29, 1.82) is 0 Å². The molecule has 0 aliphatic carbocycles. The fourth-order valence-electron chi connectivity index (χ4n) is 2.30. The largest absolute Gasteiger partial charge is 0.354 e. The number of amides is 1. The molecule has 1 aliphatic heterocycles. The maximum Gasteiger partial charge on any atom is 0.302 e. The summed E-state index contributed by atoms with van der Waals surface area (Å²) in [6, 6.07) is -3.22. The molecule has 0 radical (unpaired) electrons. The highest BCUT2D eigenvalue weighted by Crippen LogP contribution is 2.29. The Morgan fingerprint density at radius 3 is 3.25 bits per heavy atom. The molecular formula is C17H22N6O. The van der Waals surface area contributed by atoms with Gasteiger partial charge < -0.3 is 19.6 Å². The summed E-state index contributed by atoms with van der Waals surface area (Å²) in [5, 5.41) is -0.0256. The molecule has 2 atom stereocenters. The van der Waals surface area contributed by atoms with Crippen LogP contribution in [0, 0.1) is 19.4 Å². The molecule has 0 unspecified atom stereocenters. The van der Waals surface area contributed by atoms with Crippen molar-refractivity contribution in [1.82, 2.24) is 19.9 Å². The van der Waals surface area contributed by atoms with Crippen LogP contribution in [0.5, 0.6) is 0 Å². The number of likely N-dealkylation sites (tertiary alicyclic amines) is 1. The fraction of sp³-hybridized carbons (Fsp3) is 0.529. The summed E-state index contributed by atoms with van der Waals surface area (Å²) < 4.78 is 85.0. The molecule has 0 saturated carbocycles. The van der Waals surface area contributed by atoms with Crippen LogP contribution in [-0.4, -0.2) is 58.4 Å². The Morgan fingerprint density at radius 2 is 2.50 bits per heavy atom. The minimum Gasteiger partial charge on any atom is -0.354 e. The van der Waals surface area contributed by atoms with E-state index in [2.05, 4.69) is 19.8 Å². The number of nitrogens with zero attached hydrogens (tertiary/aromatic N) is 5. The van der Waals surface area contributed by atoms with E-state index in [0.29, 0.717) is 5.69 Å². The third-order valence-corrected chi connectivity index (χ3v) is 3.44. The third kappa shape index (κ3) is 2.92. The van der Waals surface area contributed by atoms with E-state index in [4.69, 9.17) is 18.9 Å². The number of aryl methyl sites for hydroxylation is 1. The average molecular weight is 336 g/mol. The molecule has 2 aromatic rings. The van der Waals surface area contributed by atoms with Crippen molar-refractivity contribution in [3.05, 3.63) is 29.5 Å². The first-order chi connectivity index (χ1) is 15.3.